The number of nitrogen functional groups attached to an aromatic ring is 1. The number of nitrogens with two attached hydrogens (primary N) is 1. The zero-order valence-electron chi connectivity index (χ0n) is 20.9. The van der Waals surface area contributed by atoms with Gasteiger partial charge in [-0.2, -0.15) is 0 Å². The Balaban J connectivity index is 1.63. The number of nitrogens with one attached hydrogen (secondary N) is 1. The van der Waals surface area contributed by atoms with E-state index in [0.717, 1.165) is 27.5 Å². The molecule has 0 saturated heterocycles. The number of benzene rings is 6. The van der Waals surface area contributed by atoms with E-state index in [1.807, 2.05) is 6.07 Å². The predicted octanol–water partition coefficient (Wildman–Crippen LogP) is 8.15. The molecule has 1 aliphatic carbocycles. The summed E-state index contributed by atoms with van der Waals surface area (Å²) >= 11 is 0. The second-order valence-corrected chi connectivity index (χ2v) is 9.91. The standard InChI is InChI=1S/C36H26N2/c37-35(38)31-23-25-13-8-7-12-24(25)22-30(31)28-19-11-21-33-34(28)29-18-9-10-20-32(29)36(33,26-14-3-1-4-15-26)27-16-5-2-6-17-27/h1-23H,(H3,37,38). The first-order chi connectivity index (χ1) is 18.7. The van der Waals surface area contributed by atoms with E-state index in [1.165, 1.54) is 33.4 Å². The van der Waals surface area contributed by atoms with Gasteiger partial charge in [0, 0.05) is 5.56 Å². The summed E-state index contributed by atoms with van der Waals surface area (Å²) in [6.07, 6.45) is 0. The van der Waals surface area contributed by atoms with Crippen LogP contribution in [0.1, 0.15) is 27.8 Å². The van der Waals surface area contributed by atoms with Gasteiger partial charge >= 0.3 is 0 Å². The Morgan fingerprint density at radius 2 is 1.03 bits per heavy atom. The van der Waals surface area contributed by atoms with E-state index in [0.29, 0.717) is 0 Å². The number of hydrogen-bond donors (Lipinski definition) is 2. The molecular formula is C36H26N2. The lowest BCUT2D eigenvalue weighted by Gasteiger charge is -2.34. The third-order valence-electron chi connectivity index (χ3n) is 7.95. The molecule has 0 unspecified atom stereocenters. The molecule has 0 spiro atoms. The van der Waals surface area contributed by atoms with Crippen LogP contribution >= 0.6 is 0 Å². The number of amidine groups is 1. The highest BCUT2D eigenvalue weighted by atomic mass is 14.7. The summed E-state index contributed by atoms with van der Waals surface area (Å²) in [7, 11) is 0. The Morgan fingerprint density at radius 1 is 0.500 bits per heavy atom. The van der Waals surface area contributed by atoms with Gasteiger partial charge in [-0.05, 0) is 67.4 Å². The van der Waals surface area contributed by atoms with E-state index < -0.39 is 5.41 Å². The van der Waals surface area contributed by atoms with Crippen LogP contribution in [0.5, 0.6) is 0 Å². The van der Waals surface area contributed by atoms with Crippen LogP contribution in [-0.2, 0) is 5.41 Å². The monoisotopic (exact) mass is 486 g/mol. The van der Waals surface area contributed by atoms with E-state index in [1.54, 1.807) is 0 Å². The molecule has 0 radical (unpaired) electrons. The molecule has 38 heavy (non-hydrogen) atoms. The highest BCUT2D eigenvalue weighted by molar-refractivity contribution is 6.08. The van der Waals surface area contributed by atoms with Crippen LogP contribution in [-0.4, -0.2) is 5.84 Å². The normalized spacial score (nSPS) is 13.2. The van der Waals surface area contributed by atoms with Crippen molar-refractivity contribution in [1.82, 2.24) is 0 Å². The van der Waals surface area contributed by atoms with Gasteiger partial charge in [-0.1, -0.05) is 127 Å². The molecule has 6 aromatic carbocycles. The quantitative estimate of drug-likeness (QED) is 0.191. The van der Waals surface area contributed by atoms with Crippen molar-refractivity contribution < 1.29 is 0 Å². The average molecular weight is 487 g/mol. The first-order valence-electron chi connectivity index (χ1n) is 12.9. The van der Waals surface area contributed by atoms with E-state index in [2.05, 4.69) is 133 Å². The highest BCUT2D eigenvalue weighted by Gasteiger charge is 2.46. The minimum Gasteiger partial charge on any atom is -0.384 e. The van der Waals surface area contributed by atoms with Gasteiger partial charge in [0.05, 0.1) is 5.41 Å². The highest BCUT2D eigenvalue weighted by Crippen LogP contribution is 2.58. The van der Waals surface area contributed by atoms with Crippen molar-refractivity contribution in [3.05, 3.63) is 167 Å². The summed E-state index contributed by atoms with van der Waals surface area (Å²) in [5, 5.41) is 10.7. The van der Waals surface area contributed by atoms with E-state index in [-0.39, 0.29) is 5.84 Å². The smallest absolute Gasteiger partial charge is 0.123 e. The van der Waals surface area contributed by atoms with E-state index in [9.17, 15) is 0 Å². The molecule has 0 aromatic heterocycles. The number of rotatable bonds is 4. The molecule has 0 bridgehead atoms. The number of fused-ring (bicyclic) bond motifs is 4. The van der Waals surface area contributed by atoms with Gasteiger partial charge in [-0.25, -0.2) is 0 Å². The molecule has 2 nitrogen and oxygen atoms in total. The van der Waals surface area contributed by atoms with Gasteiger partial charge in [-0.15, -0.1) is 0 Å². The third kappa shape index (κ3) is 3.10. The van der Waals surface area contributed by atoms with Crippen LogP contribution < -0.4 is 5.73 Å². The minimum atomic E-state index is -0.461. The molecule has 0 atom stereocenters. The molecule has 0 aliphatic heterocycles. The molecule has 7 rings (SSSR count). The maximum Gasteiger partial charge on any atom is 0.123 e. The maximum atomic E-state index is 8.47. The summed E-state index contributed by atoms with van der Waals surface area (Å²) in [6, 6.07) is 49.5. The van der Waals surface area contributed by atoms with Crippen molar-refractivity contribution in [3.8, 4) is 22.3 Å². The Hall–Kier alpha value is -4.95. The molecule has 0 heterocycles. The van der Waals surface area contributed by atoms with Gasteiger partial charge in [0.15, 0.2) is 0 Å². The van der Waals surface area contributed by atoms with Gasteiger partial charge in [0.1, 0.15) is 5.84 Å². The summed E-state index contributed by atoms with van der Waals surface area (Å²) in [5.41, 5.74) is 16.0. The van der Waals surface area contributed by atoms with Crippen LogP contribution in [0, 0.1) is 5.41 Å². The molecular weight excluding hydrogens is 460 g/mol. The third-order valence-corrected chi connectivity index (χ3v) is 7.95. The van der Waals surface area contributed by atoms with Crippen LogP contribution in [0.2, 0.25) is 0 Å². The van der Waals surface area contributed by atoms with Crippen molar-refractivity contribution in [3.63, 3.8) is 0 Å². The second kappa shape index (κ2) is 8.57. The average Bonchev–Trinajstić information content (AvgIpc) is 3.29. The fourth-order valence-electron chi connectivity index (χ4n) is 6.40. The summed E-state index contributed by atoms with van der Waals surface area (Å²) in [4.78, 5) is 0. The molecule has 2 heteroatoms. The van der Waals surface area contributed by atoms with Crippen LogP contribution in [0.4, 0.5) is 0 Å². The Bertz CT molecular complexity index is 1800. The molecule has 0 fully saturated rings. The zero-order valence-corrected chi connectivity index (χ0v) is 20.9. The molecule has 0 saturated carbocycles. The van der Waals surface area contributed by atoms with Gasteiger partial charge in [-0.3, -0.25) is 5.41 Å². The Labute approximate surface area is 222 Å². The van der Waals surface area contributed by atoms with Crippen LogP contribution in [0.15, 0.2) is 140 Å². The molecule has 180 valence electrons. The van der Waals surface area contributed by atoms with Crippen molar-refractivity contribution in [2.45, 2.75) is 5.41 Å². The molecule has 1 aliphatic rings. The summed E-state index contributed by atoms with van der Waals surface area (Å²) < 4.78 is 0. The van der Waals surface area contributed by atoms with Crippen molar-refractivity contribution in [2.75, 3.05) is 0 Å². The molecule has 3 N–H and O–H groups in total. The van der Waals surface area contributed by atoms with Crippen LogP contribution in [0.3, 0.4) is 0 Å². The molecule has 0 amide bonds. The maximum absolute atomic E-state index is 8.47. The van der Waals surface area contributed by atoms with Gasteiger partial charge < -0.3 is 5.73 Å². The number of hydrogen-bond acceptors (Lipinski definition) is 1. The van der Waals surface area contributed by atoms with Gasteiger partial charge in [0.2, 0.25) is 0 Å². The van der Waals surface area contributed by atoms with Crippen molar-refractivity contribution in [2.24, 2.45) is 5.73 Å². The first kappa shape index (κ1) is 22.3. The van der Waals surface area contributed by atoms with Gasteiger partial charge in [0.25, 0.3) is 0 Å². The van der Waals surface area contributed by atoms with Crippen LogP contribution in [0.25, 0.3) is 33.0 Å². The van der Waals surface area contributed by atoms with E-state index >= 15 is 0 Å². The minimum absolute atomic E-state index is 0.0759. The Kier molecular flexibility index (Phi) is 5.02. The van der Waals surface area contributed by atoms with E-state index in [4.69, 9.17) is 11.1 Å². The fraction of sp³-hybridized carbons (Fsp3) is 0.0278. The lowest BCUT2D eigenvalue weighted by Crippen LogP contribution is -2.28. The largest absolute Gasteiger partial charge is 0.384 e. The summed E-state index contributed by atoms with van der Waals surface area (Å²) in [6.45, 7) is 0. The lowest BCUT2D eigenvalue weighted by molar-refractivity contribution is 0.768. The SMILES string of the molecule is N=C(N)c1cc2ccccc2cc1-c1cccc2c1-c1ccccc1C2(c1ccccc1)c1ccccc1. The first-order valence-corrected chi connectivity index (χ1v) is 12.9. The summed E-state index contributed by atoms with van der Waals surface area (Å²) in [5.74, 6) is 0.0759. The second-order valence-electron chi connectivity index (χ2n) is 9.91. The Morgan fingerprint density at radius 3 is 1.68 bits per heavy atom. The lowest BCUT2D eigenvalue weighted by atomic mass is 9.67. The fourth-order valence-corrected chi connectivity index (χ4v) is 6.40. The predicted molar refractivity (Wildman–Crippen MR) is 158 cm³/mol. The topological polar surface area (TPSA) is 49.9 Å². The van der Waals surface area contributed by atoms with Crippen molar-refractivity contribution in [1.29, 1.82) is 5.41 Å². The zero-order chi connectivity index (χ0) is 25.7. The molecule has 6 aromatic rings. The van der Waals surface area contributed by atoms with Crippen molar-refractivity contribution >= 4 is 16.6 Å².